The molecule has 306 valence electrons. The Labute approximate surface area is 376 Å². The largest absolute Gasteiger partial charge is 0.458 e. The molecule has 0 saturated heterocycles. The van der Waals surface area contributed by atoms with Gasteiger partial charge in [0.05, 0.1) is 5.52 Å². The van der Waals surface area contributed by atoms with Gasteiger partial charge in [0.25, 0.3) is 6.71 Å². The molecule has 0 amide bonds. The number of aromatic nitrogens is 1. The van der Waals surface area contributed by atoms with E-state index in [1.165, 1.54) is 122 Å². The van der Waals surface area contributed by atoms with Gasteiger partial charge < -0.3 is 9.30 Å². The number of benzene rings is 9. The van der Waals surface area contributed by atoms with Crippen LogP contribution in [-0.2, 0) is 5.41 Å². The first-order valence-corrected chi connectivity index (χ1v) is 22.6. The Balaban J connectivity index is 1.22. The molecule has 0 atom stereocenters. The van der Waals surface area contributed by atoms with Gasteiger partial charge in [0.2, 0.25) is 0 Å². The summed E-state index contributed by atoms with van der Waals surface area (Å²) in [7, 11) is 0. The van der Waals surface area contributed by atoms with E-state index in [1.54, 1.807) is 0 Å². The third kappa shape index (κ3) is 5.94. The van der Waals surface area contributed by atoms with Crippen LogP contribution in [0.5, 0.6) is 11.5 Å². The van der Waals surface area contributed by atoms with Crippen molar-refractivity contribution in [3.05, 3.63) is 204 Å². The van der Waals surface area contributed by atoms with Crippen LogP contribution in [0.25, 0.3) is 83.1 Å². The summed E-state index contributed by atoms with van der Waals surface area (Å²) in [6.45, 7) is 13.6. The zero-order valence-electron chi connectivity index (χ0n) is 37.3. The van der Waals surface area contributed by atoms with E-state index in [0.29, 0.717) is 0 Å². The average molecular weight is 822 g/mol. The maximum Gasteiger partial charge on any atom is 0.256 e. The standard InChI is InChI=1S/C61H48BNO/c1-37-29-38(2)58(39(3)30-37)44-34-55-59-57(35-44)64-56-28-26-45(61(4,5)6)36-52(56)62(59)53-33-43(49-24-16-14-22-47(49)41-19-11-8-12-20-41)32-51-50-31-42(25-27-54(50)63(55)60(51)53)48-23-15-13-21-46(48)40-17-9-7-10-18-40/h7-36H,1-6H3. The maximum absolute atomic E-state index is 7.17. The summed E-state index contributed by atoms with van der Waals surface area (Å²) in [6, 6.07) is 67.8. The number of fused-ring (bicyclic) bond motifs is 7. The molecular formula is C61H48BNO. The topological polar surface area (TPSA) is 14.2 Å². The van der Waals surface area contributed by atoms with E-state index >= 15 is 0 Å². The van der Waals surface area contributed by atoms with E-state index < -0.39 is 0 Å². The van der Waals surface area contributed by atoms with Crippen LogP contribution in [-0.4, -0.2) is 11.3 Å². The fraction of sp³-hybridized carbons (Fsp3) is 0.115. The van der Waals surface area contributed by atoms with Crippen LogP contribution in [0, 0.1) is 20.8 Å². The van der Waals surface area contributed by atoms with Gasteiger partial charge in [0, 0.05) is 22.0 Å². The number of hydrogen-bond acceptors (Lipinski definition) is 1. The molecule has 0 aliphatic carbocycles. The number of aryl methyl sites for hydroxylation is 3. The third-order valence-electron chi connectivity index (χ3n) is 13.9. The van der Waals surface area contributed by atoms with Gasteiger partial charge in [-0.1, -0.05) is 172 Å². The van der Waals surface area contributed by atoms with E-state index in [1.807, 2.05) is 0 Å². The number of nitrogens with zero attached hydrogens (tertiary/aromatic N) is 1. The summed E-state index contributed by atoms with van der Waals surface area (Å²) < 4.78 is 9.74. The zero-order chi connectivity index (χ0) is 43.4. The van der Waals surface area contributed by atoms with E-state index in [4.69, 9.17) is 4.74 Å². The zero-order valence-corrected chi connectivity index (χ0v) is 37.3. The van der Waals surface area contributed by atoms with Crippen LogP contribution in [0.4, 0.5) is 0 Å². The van der Waals surface area contributed by atoms with Crippen LogP contribution >= 0.6 is 0 Å². The molecule has 0 N–H and O–H groups in total. The van der Waals surface area contributed by atoms with Crippen molar-refractivity contribution in [1.29, 1.82) is 0 Å². The van der Waals surface area contributed by atoms with Crippen molar-refractivity contribution < 1.29 is 4.74 Å². The second-order valence-electron chi connectivity index (χ2n) is 19.1. The predicted molar refractivity (Wildman–Crippen MR) is 272 cm³/mol. The molecule has 12 rings (SSSR count). The van der Waals surface area contributed by atoms with Crippen molar-refractivity contribution in [2.45, 2.75) is 47.0 Å². The molecule has 2 aliphatic heterocycles. The lowest BCUT2D eigenvalue weighted by Gasteiger charge is -2.35. The van der Waals surface area contributed by atoms with Gasteiger partial charge in [-0.15, -0.1) is 0 Å². The highest BCUT2D eigenvalue weighted by Gasteiger charge is 2.42. The lowest BCUT2D eigenvalue weighted by Crippen LogP contribution is -2.58. The normalized spacial score (nSPS) is 12.6. The fourth-order valence-corrected chi connectivity index (χ4v) is 11.1. The molecule has 0 bridgehead atoms. The molecule has 0 radical (unpaired) electrons. The molecule has 0 saturated carbocycles. The highest BCUT2D eigenvalue weighted by Crippen LogP contribution is 2.45. The Bertz CT molecular complexity index is 3510. The first-order valence-electron chi connectivity index (χ1n) is 22.6. The molecule has 3 heteroatoms. The van der Waals surface area contributed by atoms with Crippen molar-refractivity contribution in [3.63, 3.8) is 0 Å². The minimum atomic E-state index is -0.0493. The Hall–Kier alpha value is -7.36. The third-order valence-corrected chi connectivity index (χ3v) is 13.9. The summed E-state index contributed by atoms with van der Waals surface area (Å²) in [6.07, 6.45) is 0. The molecule has 2 nitrogen and oxygen atoms in total. The molecule has 2 aliphatic rings. The average Bonchev–Trinajstić information content (AvgIpc) is 3.64. The van der Waals surface area contributed by atoms with E-state index in [-0.39, 0.29) is 12.1 Å². The number of ether oxygens (including phenoxy) is 1. The second-order valence-corrected chi connectivity index (χ2v) is 19.1. The lowest BCUT2D eigenvalue weighted by atomic mass is 9.34. The SMILES string of the molecule is Cc1cc(C)c(-c2cc3c4c(c2)-n2c5ccc(-c6ccccc6-c6ccccc6)cc5c5cc(-c6ccccc6-c6ccccc6)cc(c52)B4c2cc(C(C)(C)C)ccc2O3)c(C)c1. The van der Waals surface area contributed by atoms with Crippen molar-refractivity contribution in [2.24, 2.45) is 0 Å². The summed E-state index contributed by atoms with van der Waals surface area (Å²) >= 11 is 0. The van der Waals surface area contributed by atoms with Crippen LogP contribution in [0.1, 0.15) is 43.0 Å². The van der Waals surface area contributed by atoms with E-state index in [9.17, 15) is 0 Å². The molecule has 3 heterocycles. The molecule has 9 aromatic carbocycles. The Morgan fingerprint density at radius 2 is 1.03 bits per heavy atom. The van der Waals surface area contributed by atoms with Crippen LogP contribution in [0.3, 0.4) is 0 Å². The predicted octanol–water partition coefficient (Wildman–Crippen LogP) is 14.3. The summed E-state index contributed by atoms with van der Waals surface area (Å²) in [4.78, 5) is 0. The van der Waals surface area contributed by atoms with Crippen LogP contribution < -0.4 is 21.1 Å². The summed E-state index contributed by atoms with van der Waals surface area (Å²) in [5.74, 6) is 1.86. The first-order chi connectivity index (χ1) is 31.1. The molecule has 0 unspecified atom stereocenters. The van der Waals surface area contributed by atoms with Crippen molar-refractivity contribution in [2.75, 3.05) is 0 Å². The Morgan fingerprint density at radius 1 is 0.453 bits per heavy atom. The number of hydrogen-bond donors (Lipinski definition) is 0. The molecule has 0 fully saturated rings. The van der Waals surface area contributed by atoms with Gasteiger partial charge >= 0.3 is 0 Å². The van der Waals surface area contributed by atoms with Gasteiger partial charge in [-0.25, -0.2) is 0 Å². The van der Waals surface area contributed by atoms with Crippen LogP contribution in [0.2, 0.25) is 0 Å². The van der Waals surface area contributed by atoms with Gasteiger partial charge in [-0.05, 0) is 151 Å². The van der Waals surface area contributed by atoms with Gasteiger partial charge in [-0.2, -0.15) is 0 Å². The molecule has 64 heavy (non-hydrogen) atoms. The smallest absolute Gasteiger partial charge is 0.256 e. The van der Waals surface area contributed by atoms with Crippen molar-refractivity contribution in [3.8, 4) is 72.8 Å². The van der Waals surface area contributed by atoms with Gasteiger partial charge in [0.15, 0.2) is 0 Å². The lowest BCUT2D eigenvalue weighted by molar-refractivity contribution is 0.486. The molecule has 10 aromatic rings. The van der Waals surface area contributed by atoms with E-state index in [0.717, 1.165) is 11.5 Å². The van der Waals surface area contributed by atoms with E-state index in [2.05, 4.69) is 228 Å². The first kappa shape index (κ1) is 38.3. The minimum absolute atomic E-state index is 0.0374. The minimum Gasteiger partial charge on any atom is -0.458 e. The second kappa shape index (κ2) is 14.3. The molecule has 1 aromatic heterocycles. The fourth-order valence-electron chi connectivity index (χ4n) is 11.1. The summed E-state index contributed by atoms with van der Waals surface area (Å²) in [5, 5.41) is 2.49. The monoisotopic (exact) mass is 821 g/mol. The molecular weight excluding hydrogens is 773 g/mol. The molecule has 0 spiro atoms. The quantitative estimate of drug-likeness (QED) is 0.158. The van der Waals surface area contributed by atoms with Crippen LogP contribution in [0.15, 0.2) is 182 Å². The van der Waals surface area contributed by atoms with Crippen molar-refractivity contribution >= 4 is 44.9 Å². The summed E-state index contributed by atoms with van der Waals surface area (Å²) in [5.41, 5.74) is 24.7. The highest BCUT2D eigenvalue weighted by molar-refractivity contribution is 6.99. The Kier molecular flexibility index (Phi) is 8.59. The van der Waals surface area contributed by atoms with Gasteiger partial charge in [0.1, 0.15) is 11.5 Å². The van der Waals surface area contributed by atoms with Gasteiger partial charge in [-0.3, -0.25) is 0 Å². The van der Waals surface area contributed by atoms with Crippen molar-refractivity contribution in [1.82, 2.24) is 4.57 Å². The number of rotatable bonds is 5. The Morgan fingerprint density at radius 3 is 1.66 bits per heavy atom. The maximum atomic E-state index is 7.17. The highest BCUT2D eigenvalue weighted by atomic mass is 16.5.